The highest BCUT2D eigenvalue weighted by Crippen LogP contribution is 2.26. The van der Waals surface area contributed by atoms with Crippen LogP contribution in [0.5, 0.6) is 0 Å². The van der Waals surface area contributed by atoms with E-state index in [1.165, 1.54) is 0 Å². The molecule has 2 nitrogen and oxygen atoms in total. The molecule has 0 radical (unpaired) electrons. The summed E-state index contributed by atoms with van der Waals surface area (Å²) in [4.78, 5) is 0.556. The summed E-state index contributed by atoms with van der Waals surface area (Å²) < 4.78 is 24.2. The van der Waals surface area contributed by atoms with Gasteiger partial charge in [0.1, 0.15) is 0 Å². The first-order valence-corrected chi connectivity index (χ1v) is 6.42. The molecule has 0 amide bonds. The maximum absolute atomic E-state index is 12.1. The second-order valence-electron chi connectivity index (χ2n) is 4.35. The zero-order valence-electron chi connectivity index (χ0n) is 9.33. The van der Waals surface area contributed by atoms with Crippen LogP contribution >= 0.6 is 11.8 Å². The summed E-state index contributed by atoms with van der Waals surface area (Å²) in [5.74, 6) is -2.39. The van der Waals surface area contributed by atoms with Crippen molar-refractivity contribution in [2.45, 2.75) is 29.1 Å². The van der Waals surface area contributed by atoms with Crippen LogP contribution in [0.2, 0.25) is 0 Å². The minimum atomic E-state index is -2.39. The SMILES string of the molecule is OC1(Cc2ccc(SC(F)F)cc2)CCNC1. The minimum Gasteiger partial charge on any atom is -0.388 e. The van der Waals surface area contributed by atoms with Crippen molar-refractivity contribution in [2.75, 3.05) is 13.1 Å². The summed E-state index contributed by atoms with van der Waals surface area (Å²) in [6.07, 6.45) is 1.31. The van der Waals surface area contributed by atoms with E-state index in [1.807, 2.05) is 0 Å². The topological polar surface area (TPSA) is 32.3 Å². The molecule has 1 heterocycles. The number of rotatable bonds is 4. The minimum absolute atomic E-state index is 0.541. The van der Waals surface area contributed by atoms with Crippen molar-refractivity contribution in [3.05, 3.63) is 29.8 Å². The van der Waals surface area contributed by atoms with E-state index >= 15 is 0 Å². The monoisotopic (exact) mass is 259 g/mol. The molecule has 17 heavy (non-hydrogen) atoms. The van der Waals surface area contributed by atoms with Crippen molar-refractivity contribution < 1.29 is 13.9 Å². The highest BCUT2D eigenvalue weighted by molar-refractivity contribution is 7.99. The Hall–Kier alpha value is -0.650. The van der Waals surface area contributed by atoms with Crippen molar-refractivity contribution in [1.82, 2.24) is 5.32 Å². The molecule has 1 aromatic carbocycles. The third-order valence-electron chi connectivity index (χ3n) is 2.90. The third-order valence-corrected chi connectivity index (χ3v) is 3.63. The summed E-state index contributed by atoms with van der Waals surface area (Å²) in [6.45, 7) is 1.43. The van der Waals surface area contributed by atoms with Crippen molar-refractivity contribution in [2.24, 2.45) is 0 Å². The lowest BCUT2D eigenvalue weighted by Gasteiger charge is -2.21. The number of halogens is 2. The molecule has 1 aliphatic heterocycles. The Labute approximate surface area is 103 Å². The number of hydrogen-bond donors (Lipinski definition) is 2. The van der Waals surface area contributed by atoms with Crippen molar-refractivity contribution in [3.8, 4) is 0 Å². The molecular weight excluding hydrogens is 244 g/mol. The Morgan fingerprint density at radius 3 is 2.59 bits per heavy atom. The molecule has 0 bridgehead atoms. The van der Waals surface area contributed by atoms with Crippen molar-refractivity contribution in [1.29, 1.82) is 0 Å². The smallest absolute Gasteiger partial charge is 0.288 e. The summed E-state index contributed by atoms with van der Waals surface area (Å²) in [5, 5.41) is 13.3. The summed E-state index contributed by atoms with van der Waals surface area (Å²) in [6, 6.07) is 6.97. The maximum atomic E-state index is 12.1. The normalized spacial score (nSPS) is 24.5. The number of nitrogens with one attached hydrogen (secondary N) is 1. The summed E-state index contributed by atoms with van der Waals surface area (Å²) in [7, 11) is 0. The zero-order chi connectivity index (χ0) is 12.3. The van der Waals surface area contributed by atoms with Gasteiger partial charge in [-0.25, -0.2) is 0 Å². The van der Waals surface area contributed by atoms with E-state index in [9.17, 15) is 13.9 Å². The van der Waals surface area contributed by atoms with Crippen LogP contribution in [-0.2, 0) is 6.42 Å². The molecule has 1 unspecified atom stereocenters. The fraction of sp³-hybridized carbons (Fsp3) is 0.500. The Bertz CT molecular complexity index is 363. The lowest BCUT2D eigenvalue weighted by Crippen LogP contribution is -2.33. The quantitative estimate of drug-likeness (QED) is 0.814. The highest BCUT2D eigenvalue weighted by Gasteiger charge is 2.30. The second-order valence-corrected chi connectivity index (χ2v) is 5.41. The molecule has 0 saturated carbocycles. The van der Waals surface area contributed by atoms with E-state index in [2.05, 4.69) is 5.32 Å². The van der Waals surface area contributed by atoms with Gasteiger partial charge in [0.05, 0.1) is 5.60 Å². The van der Waals surface area contributed by atoms with Crippen molar-refractivity contribution >= 4 is 11.8 Å². The van der Waals surface area contributed by atoms with E-state index in [0.29, 0.717) is 29.6 Å². The number of thioether (sulfide) groups is 1. The van der Waals surface area contributed by atoms with Crippen LogP contribution in [0, 0.1) is 0 Å². The third kappa shape index (κ3) is 3.66. The number of hydrogen-bond acceptors (Lipinski definition) is 3. The zero-order valence-corrected chi connectivity index (χ0v) is 10.1. The van der Waals surface area contributed by atoms with Crippen LogP contribution in [0.4, 0.5) is 8.78 Å². The average Bonchev–Trinajstić information content (AvgIpc) is 2.67. The first-order chi connectivity index (χ1) is 8.07. The van der Waals surface area contributed by atoms with Gasteiger partial charge in [-0.1, -0.05) is 23.9 Å². The molecule has 0 aliphatic carbocycles. The van der Waals surface area contributed by atoms with E-state index in [4.69, 9.17) is 0 Å². The summed E-state index contributed by atoms with van der Waals surface area (Å²) >= 11 is 0.541. The molecule has 0 spiro atoms. The highest BCUT2D eigenvalue weighted by atomic mass is 32.2. The van der Waals surface area contributed by atoms with Crippen LogP contribution in [0.25, 0.3) is 0 Å². The largest absolute Gasteiger partial charge is 0.388 e. The van der Waals surface area contributed by atoms with Gasteiger partial charge in [0, 0.05) is 17.9 Å². The van der Waals surface area contributed by atoms with Gasteiger partial charge < -0.3 is 10.4 Å². The molecule has 1 fully saturated rings. The molecule has 0 aromatic heterocycles. The second kappa shape index (κ2) is 5.33. The Morgan fingerprint density at radius 2 is 2.06 bits per heavy atom. The molecule has 2 rings (SSSR count). The molecular formula is C12H15F2NOS. The lowest BCUT2D eigenvalue weighted by molar-refractivity contribution is 0.0619. The lowest BCUT2D eigenvalue weighted by atomic mass is 9.94. The predicted molar refractivity (Wildman–Crippen MR) is 64.4 cm³/mol. The molecule has 94 valence electrons. The average molecular weight is 259 g/mol. The molecule has 1 aliphatic rings. The van der Waals surface area contributed by atoms with Crippen LogP contribution in [0.1, 0.15) is 12.0 Å². The van der Waals surface area contributed by atoms with Gasteiger partial charge in [-0.15, -0.1) is 0 Å². The van der Waals surface area contributed by atoms with Crippen LogP contribution in [0.15, 0.2) is 29.2 Å². The number of benzene rings is 1. The van der Waals surface area contributed by atoms with E-state index in [1.54, 1.807) is 24.3 Å². The van der Waals surface area contributed by atoms with Crippen LogP contribution in [-0.4, -0.2) is 29.6 Å². The van der Waals surface area contributed by atoms with Gasteiger partial charge in [-0.2, -0.15) is 8.78 Å². The molecule has 5 heteroatoms. The van der Waals surface area contributed by atoms with E-state index in [0.717, 1.165) is 18.5 Å². The molecule has 1 atom stereocenters. The maximum Gasteiger partial charge on any atom is 0.288 e. The van der Waals surface area contributed by atoms with Gasteiger partial charge in [0.2, 0.25) is 0 Å². The van der Waals surface area contributed by atoms with Crippen LogP contribution in [0.3, 0.4) is 0 Å². The molecule has 1 saturated heterocycles. The van der Waals surface area contributed by atoms with E-state index in [-0.39, 0.29) is 0 Å². The summed E-state index contributed by atoms with van der Waals surface area (Å²) in [5.41, 5.74) is 0.298. The molecule has 1 aromatic rings. The van der Waals surface area contributed by atoms with Crippen LogP contribution < -0.4 is 5.32 Å². The molecule has 2 N–H and O–H groups in total. The number of alkyl halides is 2. The Balaban J connectivity index is 1.98. The van der Waals surface area contributed by atoms with Gasteiger partial charge in [0.25, 0.3) is 5.76 Å². The number of β-amino-alcohol motifs (C(OH)–C–C–N with tert-alkyl or cyclic N) is 1. The fourth-order valence-electron chi connectivity index (χ4n) is 2.05. The van der Waals surface area contributed by atoms with Gasteiger partial charge >= 0.3 is 0 Å². The van der Waals surface area contributed by atoms with E-state index < -0.39 is 11.4 Å². The van der Waals surface area contributed by atoms with Gasteiger partial charge in [0.15, 0.2) is 0 Å². The first kappa shape index (κ1) is 12.8. The Kier molecular flexibility index (Phi) is 4.01. The van der Waals surface area contributed by atoms with Gasteiger partial charge in [-0.3, -0.25) is 0 Å². The Morgan fingerprint density at radius 1 is 1.35 bits per heavy atom. The number of aliphatic hydroxyl groups is 1. The van der Waals surface area contributed by atoms with Crippen molar-refractivity contribution in [3.63, 3.8) is 0 Å². The van der Waals surface area contributed by atoms with Gasteiger partial charge in [-0.05, 0) is 30.7 Å². The predicted octanol–water partition coefficient (Wildman–Crippen LogP) is 2.27. The first-order valence-electron chi connectivity index (χ1n) is 5.54. The fourth-order valence-corrected chi connectivity index (χ4v) is 2.55. The standard InChI is InChI=1S/C12H15F2NOS/c13-11(14)17-10-3-1-9(2-4-10)7-12(16)5-6-15-8-12/h1-4,11,15-16H,5-8H2.